The molecule has 0 aromatic carbocycles. The highest BCUT2D eigenvalue weighted by atomic mass is 16.4. The van der Waals surface area contributed by atoms with Crippen molar-refractivity contribution >= 4 is 5.84 Å². The second kappa shape index (κ2) is 2.76. The number of aromatic nitrogens is 4. The van der Waals surface area contributed by atoms with Crippen LogP contribution in [0.15, 0.2) is 11.5 Å². The summed E-state index contributed by atoms with van der Waals surface area (Å²) in [6.07, 6.45) is 1.37. The van der Waals surface area contributed by atoms with E-state index in [2.05, 4.69) is 20.7 Å². The van der Waals surface area contributed by atoms with Crippen LogP contribution in [0.2, 0.25) is 0 Å². The van der Waals surface area contributed by atoms with E-state index in [-0.39, 0.29) is 12.4 Å². The highest BCUT2D eigenvalue weighted by molar-refractivity contribution is 5.79. The van der Waals surface area contributed by atoms with Crippen LogP contribution in [-0.2, 0) is 6.54 Å². The van der Waals surface area contributed by atoms with Gasteiger partial charge in [0.05, 0.1) is 0 Å². The summed E-state index contributed by atoms with van der Waals surface area (Å²) >= 11 is 0. The molecular formula is C3H6N6O. The van der Waals surface area contributed by atoms with Crippen LogP contribution in [-0.4, -0.2) is 31.3 Å². The van der Waals surface area contributed by atoms with Crippen LogP contribution in [0.4, 0.5) is 0 Å². The minimum atomic E-state index is 0.0623. The molecule has 1 heterocycles. The van der Waals surface area contributed by atoms with E-state index < -0.39 is 0 Å². The number of hydrogen-bond acceptors (Lipinski definition) is 5. The number of nitrogens with two attached hydrogens (primary N) is 1. The molecule has 7 nitrogen and oxygen atoms in total. The summed E-state index contributed by atoms with van der Waals surface area (Å²) in [7, 11) is 0. The van der Waals surface area contributed by atoms with E-state index in [0.717, 1.165) is 0 Å². The molecular weight excluding hydrogens is 136 g/mol. The van der Waals surface area contributed by atoms with Crippen molar-refractivity contribution in [1.82, 2.24) is 20.2 Å². The monoisotopic (exact) mass is 142 g/mol. The minimum absolute atomic E-state index is 0.0623. The van der Waals surface area contributed by atoms with Gasteiger partial charge in [0.2, 0.25) is 0 Å². The Bertz CT molecular complexity index is 215. The summed E-state index contributed by atoms with van der Waals surface area (Å²) in [6.45, 7) is 0.198. The molecule has 0 aliphatic carbocycles. The molecule has 1 aromatic heterocycles. The van der Waals surface area contributed by atoms with Crippen molar-refractivity contribution in [3.8, 4) is 0 Å². The highest BCUT2D eigenvalue weighted by Crippen LogP contribution is 1.76. The third kappa shape index (κ3) is 1.41. The Morgan fingerprint density at radius 3 is 3.10 bits per heavy atom. The molecule has 0 aliphatic heterocycles. The number of nitrogens with zero attached hydrogens (tertiary/aromatic N) is 5. The van der Waals surface area contributed by atoms with E-state index in [4.69, 9.17) is 10.9 Å². The number of tetrazole rings is 1. The van der Waals surface area contributed by atoms with Gasteiger partial charge in [0.25, 0.3) is 0 Å². The van der Waals surface area contributed by atoms with Gasteiger partial charge in [0.15, 0.2) is 5.84 Å². The molecule has 3 N–H and O–H groups in total. The molecule has 7 heteroatoms. The van der Waals surface area contributed by atoms with Crippen LogP contribution in [0.3, 0.4) is 0 Å². The third-order valence-electron chi connectivity index (χ3n) is 0.844. The van der Waals surface area contributed by atoms with Crippen molar-refractivity contribution in [1.29, 1.82) is 0 Å². The van der Waals surface area contributed by atoms with Crippen molar-refractivity contribution in [3.63, 3.8) is 0 Å². The molecule has 0 bridgehead atoms. The minimum Gasteiger partial charge on any atom is -0.409 e. The average Bonchev–Trinajstić information content (AvgIpc) is 2.40. The Kier molecular flexibility index (Phi) is 1.78. The predicted octanol–water partition coefficient (Wildman–Crippen LogP) is -1.58. The molecule has 0 aliphatic rings. The van der Waals surface area contributed by atoms with E-state index in [1.165, 1.54) is 11.0 Å². The van der Waals surface area contributed by atoms with E-state index in [1.807, 2.05) is 0 Å². The van der Waals surface area contributed by atoms with E-state index in [1.54, 1.807) is 0 Å². The average molecular weight is 142 g/mol. The summed E-state index contributed by atoms with van der Waals surface area (Å²) in [4.78, 5) is 0. The normalized spacial score (nSPS) is 11.8. The first kappa shape index (κ1) is 6.46. The summed E-state index contributed by atoms with van der Waals surface area (Å²) in [5.41, 5.74) is 5.15. The lowest BCUT2D eigenvalue weighted by molar-refractivity contribution is 0.316. The molecule has 10 heavy (non-hydrogen) atoms. The maximum absolute atomic E-state index is 8.11. The first-order valence-corrected chi connectivity index (χ1v) is 2.50. The zero-order valence-electron chi connectivity index (χ0n) is 5.05. The maximum Gasteiger partial charge on any atom is 0.161 e. The van der Waals surface area contributed by atoms with Gasteiger partial charge in [0.1, 0.15) is 12.9 Å². The van der Waals surface area contributed by atoms with Crippen LogP contribution < -0.4 is 5.73 Å². The molecule has 0 atom stereocenters. The van der Waals surface area contributed by atoms with Crippen LogP contribution in [0, 0.1) is 0 Å². The van der Waals surface area contributed by atoms with E-state index in [0.29, 0.717) is 0 Å². The lowest BCUT2D eigenvalue weighted by Gasteiger charge is -1.93. The van der Waals surface area contributed by atoms with Gasteiger partial charge in [-0.05, 0) is 10.4 Å². The van der Waals surface area contributed by atoms with Crippen LogP contribution in [0.5, 0.6) is 0 Å². The molecule has 0 saturated carbocycles. The number of hydrogen-bond donors (Lipinski definition) is 2. The predicted molar refractivity (Wildman–Crippen MR) is 31.2 cm³/mol. The Hall–Kier alpha value is -1.66. The Balaban J connectivity index is 2.56. The Labute approximate surface area is 56.1 Å². The van der Waals surface area contributed by atoms with Crippen molar-refractivity contribution in [3.05, 3.63) is 6.33 Å². The topological polar surface area (TPSA) is 102 Å². The Morgan fingerprint density at radius 1 is 1.80 bits per heavy atom. The number of rotatable bonds is 2. The smallest absolute Gasteiger partial charge is 0.161 e. The summed E-state index contributed by atoms with van der Waals surface area (Å²) in [5.74, 6) is 0.0623. The summed E-state index contributed by atoms with van der Waals surface area (Å²) in [5, 5.41) is 21.0. The fourth-order valence-corrected chi connectivity index (χ4v) is 0.450. The van der Waals surface area contributed by atoms with Crippen molar-refractivity contribution in [2.75, 3.05) is 0 Å². The van der Waals surface area contributed by atoms with Crippen molar-refractivity contribution < 1.29 is 5.21 Å². The molecule has 1 rings (SSSR count). The van der Waals surface area contributed by atoms with Gasteiger partial charge in [-0.3, -0.25) is 0 Å². The maximum atomic E-state index is 8.11. The molecule has 54 valence electrons. The van der Waals surface area contributed by atoms with Gasteiger partial charge in [-0.25, -0.2) is 4.68 Å². The first-order valence-electron chi connectivity index (χ1n) is 2.50. The molecule has 0 fully saturated rings. The van der Waals surface area contributed by atoms with Crippen LogP contribution in [0.25, 0.3) is 0 Å². The van der Waals surface area contributed by atoms with Gasteiger partial charge in [-0.15, -0.1) is 5.10 Å². The summed E-state index contributed by atoms with van der Waals surface area (Å²) < 4.78 is 1.34. The Morgan fingerprint density at radius 2 is 2.60 bits per heavy atom. The van der Waals surface area contributed by atoms with Gasteiger partial charge < -0.3 is 10.9 Å². The molecule has 1 aromatic rings. The zero-order valence-corrected chi connectivity index (χ0v) is 5.05. The van der Waals surface area contributed by atoms with Gasteiger partial charge in [0, 0.05) is 0 Å². The largest absolute Gasteiger partial charge is 0.409 e. The zero-order chi connectivity index (χ0) is 7.40. The standard InChI is InChI=1S/C3H6N6O/c4-3(6-10)1-9-2-5-7-8-9/h2,10H,1H2,(H2,4,6). The highest BCUT2D eigenvalue weighted by Gasteiger charge is 1.94. The fourth-order valence-electron chi connectivity index (χ4n) is 0.450. The second-order valence-electron chi connectivity index (χ2n) is 1.60. The van der Waals surface area contributed by atoms with Crippen molar-refractivity contribution in [2.24, 2.45) is 10.9 Å². The summed E-state index contributed by atoms with van der Waals surface area (Å²) in [6, 6.07) is 0. The van der Waals surface area contributed by atoms with Gasteiger partial charge in [-0.1, -0.05) is 5.16 Å². The molecule has 0 radical (unpaired) electrons. The molecule has 0 amide bonds. The van der Waals surface area contributed by atoms with Crippen LogP contribution in [0.1, 0.15) is 0 Å². The van der Waals surface area contributed by atoms with Crippen LogP contribution >= 0.6 is 0 Å². The molecule has 0 spiro atoms. The lowest BCUT2D eigenvalue weighted by Crippen LogP contribution is -2.19. The van der Waals surface area contributed by atoms with E-state index in [9.17, 15) is 0 Å². The SMILES string of the molecule is N/C(Cn1cnnn1)=N\O. The number of oxime groups is 1. The lowest BCUT2D eigenvalue weighted by atomic mass is 10.6. The number of amidine groups is 1. The fraction of sp³-hybridized carbons (Fsp3) is 0.333. The quantitative estimate of drug-likeness (QED) is 0.224. The van der Waals surface area contributed by atoms with E-state index >= 15 is 0 Å². The molecule has 0 unspecified atom stereocenters. The third-order valence-corrected chi connectivity index (χ3v) is 0.844. The second-order valence-corrected chi connectivity index (χ2v) is 1.60. The first-order chi connectivity index (χ1) is 4.83. The van der Waals surface area contributed by atoms with Gasteiger partial charge >= 0.3 is 0 Å². The van der Waals surface area contributed by atoms with Gasteiger partial charge in [-0.2, -0.15) is 0 Å². The molecule has 0 saturated heterocycles. The van der Waals surface area contributed by atoms with Crippen molar-refractivity contribution in [2.45, 2.75) is 6.54 Å².